The average molecular weight is 320 g/mol. The average Bonchev–Trinajstić information content (AvgIpc) is 2.52. The number of amides is 1. The summed E-state index contributed by atoms with van der Waals surface area (Å²) in [6.45, 7) is 5.52. The number of nitrogens with one attached hydrogen (secondary N) is 1. The Morgan fingerprint density at radius 3 is 2.35 bits per heavy atom. The Hall–Kier alpha value is -2.42. The summed E-state index contributed by atoms with van der Waals surface area (Å²) >= 11 is 0. The Balaban J connectivity index is 3.05. The molecule has 6 heteroatoms. The van der Waals surface area contributed by atoms with E-state index in [2.05, 4.69) is 10.1 Å². The van der Waals surface area contributed by atoms with Gasteiger partial charge in [0.15, 0.2) is 0 Å². The molecule has 0 fully saturated rings. The molecule has 0 heterocycles. The van der Waals surface area contributed by atoms with Gasteiger partial charge in [0.1, 0.15) is 12.1 Å². The number of benzene rings is 1. The van der Waals surface area contributed by atoms with E-state index in [0.29, 0.717) is 0 Å². The molecule has 124 valence electrons. The van der Waals surface area contributed by atoms with Gasteiger partial charge in [0, 0.05) is 5.56 Å². The second kappa shape index (κ2) is 7.73. The lowest BCUT2D eigenvalue weighted by atomic mass is 9.94. The minimum atomic E-state index is -2.86. The van der Waals surface area contributed by atoms with Gasteiger partial charge in [0.05, 0.1) is 7.11 Å². The molecule has 1 rings (SSSR count). The molecule has 23 heavy (non-hydrogen) atoms. The SMILES string of the molecule is COC(=O)[C@H](CC(C)C)NC(=O)C(F)(C#N)c1ccc(C)cc1. The Kier molecular flexibility index (Phi) is 6.26. The van der Waals surface area contributed by atoms with Crippen LogP contribution < -0.4 is 5.32 Å². The molecule has 0 radical (unpaired) electrons. The highest BCUT2D eigenvalue weighted by atomic mass is 19.1. The van der Waals surface area contributed by atoms with E-state index in [4.69, 9.17) is 5.26 Å². The van der Waals surface area contributed by atoms with Crippen molar-refractivity contribution in [3.05, 3.63) is 35.4 Å². The van der Waals surface area contributed by atoms with E-state index in [0.717, 1.165) is 5.56 Å². The van der Waals surface area contributed by atoms with Gasteiger partial charge >= 0.3 is 5.97 Å². The number of methoxy groups -OCH3 is 1. The van der Waals surface area contributed by atoms with Gasteiger partial charge in [-0.3, -0.25) is 4.79 Å². The molecule has 1 aromatic rings. The van der Waals surface area contributed by atoms with Gasteiger partial charge < -0.3 is 10.1 Å². The van der Waals surface area contributed by atoms with E-state index < -0.39 is 23.6 Å². The van der Waals surface area contributed by atoms with Crippen molar-refractivity contribution in [2.24, 2.45) is 5.92 Å². The van der Waals surface area contributed by atoms with E-state index in [-0.39, 0.29) is 17.9 Å². The number of ether oxygens (including phenoxy) is 1. The van der Waals surface area contributed by atoms with E-state index >= 15 is 0 Å². The fourth-order valence-corrected chi connectivity index (χ4v) is 2.12. The van der Waals surface area contributed by atoms with Crippen molar-refractivity contribution in [1.29, 1.82) is 5.26 Å². The van der Waals surface area contributed by atoms with Crippen LogP contribution in [-0.4, -0.2) is 25.0 Å². The number of hydrogen-bond acceptors (Lipinski definition) is 4. The first-order chi connectivity index (χ1) is 10.7. The van der Waals surface area contributed by atoms with Crippen LogP contribution in [0.15, 0.2) is 24.3 Å². The highest BCUT2D eigenvalue weighted by Crippen LogP contribution is 2.26. The number of carbonyl (C=O) groups excluding carboxylic acids is 2. The largest absolute Gasteiger partial charge is 0.467 e. The minimum Gasteiger partial charge on any atom is -0.467 e. The summed E-state index contributed by atoms with van der Waals surface area (Å²) < 4.78 is 19.5. The number of rotatable bonds is 6. The fraction of sp³-hybridized carbons (Fsp3) is 0.471. The summed E-state index contributed by atoms with van der Waals surface area (Å²) in [5.74, 6) is -1.76. The topological polar surface area (TPSA) is 79.2 Å². The molecule has 1 unspecified atom stereocenters. The molecule has 0 aliphatic rings. The van der Waals surface area contributed by atoms with Crippen LogP contribution >= 0.6 is 0 Å². The second-order valence-electron chi connectivity index (χ2n) is 5.82. The zero-order chi connectivity index (χ0) is 17.6. The summed E-state index contributed by atoms with van der Waals surface area (Å²) in [7, 11) is 1.19. The zero-order valence-electron chi connectivity index (χ0n) is 13.7. The molecule has 5 nitrogen and oxygen atoms in total. The van der Waals surface area contributed by atoms with E-state index in [1.165, 1.54) is 25.3 Å². The molecule has 0 saturated carbocycles. The van der Waals surface area contributed by atoms with Gasteiger partial charge in [-0.05, 0) is 19.3 Å². The van der Waals surface area contributed by atoms with Crippen molar-refractivity contribution < 1.29 is 18.7 Å². The Labute approximate surface area is 135 Å². The Morgan fingerprint density at radius 2 is 1.91 bits per heavy atom. The lowest BCUT2D eigenvalue weighted by molar-refractivity contribution is -0.147. The van der Waals surface area contributed by atoms with Crippen LogP contribution in [0.2, 0.25) is 0 Å². The molecule has 2 atom stereocenters. The first kappa shape index (κ1) is 18.6. The summed E-state index contributed by atoms with van der Waals surface area (Å²) in [5, 5.41) is 11.5. The predicted molar refractivity (Wildman–Crippen MR) is 83.0 cm³/mol. The molecule has 1 amide bonds. The standard InChI is InChI=1S/C17H21FN2O3/c1-11(2)9-14(15(21)23-4)20-16(22)17(18,10-19)13-7-5-12(3)6-8-13/h5-8,11,14H,9H2,1-4H3,(H,20,22)/t14-,17?/m0/s1. The normalized spacial score (nSPS) is 14.5. The molecule has 0 bridgehead atoms. The number of hydrogen-bond donors (Lipinski definition) is 1. The monoisotopic (exact) mass is 320 g/mol. The van der Waals surface area contributed by atoms with Gasteiger partial charge in [-0.25, -0.2) is 9.18 Å². The predicted octanol–water partition coefficient (Wildman–Crippen LogP) is 2.39. The minimum absolute atomic E-state index is 0.0729. The molecular weight excluding hydrogens is 299 g/mol. The van der Waals surface area contributed by atoms with E-state index in [1.54, 1.807) is 12.1 Å². The number of halogens is 1. The van der Waals surface area contributed by atoms with Crippen molar-refractivity contribution in [3.8, 4) is 6.07 Å². The summed E-state index contributed by atoms with van der Waals surface area (Å²) in [4.78, 5) is 24.0. The van der Waals surface area contributed by atoms with Gasteiger partial charge in [0.25, 0.3) is 11.6 Å². The zero-order valence-corrected chi connectivity index (χ0v) is 13.7. The van der Waals surface area contributed by atoms with Gasteiger partial charge in [0.2, 0.25) is 0 Å². The highest BCUT2D eigenvalue weighted by molar-refractivity contribution is 5.92. The van der Waals surface area contributed by atoms with Gasteiger partial charge in [-0.15, -0.1) is 0 Å². The van der Waals surface area contributed by atoms with Crippen LogP contribution in [0.1, 0.15) is 31.4 Å². The molecule has 0 aromatic heterocycles. The van der Waals surface area contributed by atoms with Crippen molar-refractivity contribution in [3.63, 3.8) is 0 Å². The fourth-order valence-electron chi connectivity index (χ4n) is 2.12. The number of aryl methyl sites for hydroxylation is 1. The third kappa shape index (κ3) is 4.52. The third-order valence-electron chi connectivity index (χ3n) is 3.41. The molecule has 1 aromatic carbocycles. The number of carbonyl (C=O) groups is 2. The van der Waals surface area contributed by atoms with Crippen LogP contribution in [0.4, 0.5) is 4.39 Å². The Morgan fingerprint density at radius 1 is 1.35 bits per heavy atom. The number of nitrogens with zero attached hydrogens (tertiary/aromatic N) is 1. The van der Waals surface area contributed by atoms with Crippen LogP contribution in [0.3, 0.4) is 0 Å². The first-order valence-electron chi connectivity index (χ1n) is 7.30. The number of esters is 1. The molecule has 0 aliphatic carbocycles. The van der Waals surface area contributed by atoms with Crippen LogP contribution in [0, 0.1) is 24.2 Å². The van der Waals surface area contributed by atoms with Crippen LogP contribution in [-0.2, 0) is 20.0 Å². The van der Waals surface area contributed by atoms with Crippen molar-refractivity contribution >= 4 is 11.9 Å². The van der Waals surface area contributed by atoms with Crippen LogP contribution in [0.5, 0.6) is 0 Å². The first-order valence-corrected chi connectivity index (χ1v) is 7.30. The smallest absolute Gasteiger partial charge is 0.328 e. The quantitative estimate of drug-likeness (QED) is 0.816. The maximum Gasteiger partial charge on any atom is 0.328 e. The molecular formula is C17H21FN2O3. The maximum absolute atomic E-state index is 14.9. The van der Waals surface area contributed by atoms with E-state index in [9.17, 15) is 14.0 Å². The second-order valence-corrected chi connectivity index (χ2v) is 5.82. The van der Waals surface area contributed by atoms with Gasteiger partial charge in [-0.1, -0.05) is 43.7 Å². The Bertz CT molecular complexity index is 607. The van der Waals surface area contributed by atoms with E-state index in [1.807, 2.05) is 20.8 Å². The summed E-state index contributed by atoms with van der Waals surface area (Å²) in [6.07, 6.45) is 0.286. The number of alkyl halides is 1. The van der Waals surface area contributed by atoms with Crippen molar-refractivity contribution in [2.45, 2.75) is 38.9 Å². The molecule has 0 spiro atoms. The van der Waals surface area contributed by atoms with Gasteiger partial charge in [-0.2, -0.15) is 5.26 Å². The summed E-state index contributed by atoms with van der Waals surface area (Å²) in [6, 6.07) is 6.39. The lowest BCUT2D eigenvalue weighted by Gasteiger charge is -2.23. The van der Waals surface area contributed by atoms with Crippen molar-refractivity contribution in [2.75, 3.05) is 7.11 Å². The lowest BCUT2D eigenvalue weighted by Crippen LogP contribution is -2.49. The highest BCUT2D eigenvalue weighted by Gasteiger charge is 2.43. The summed E-state index contributed by atoms with van der Waals surface area (Å²) in [5.41, 5.74) is -2.06. The van der Waals surface area contributed by atoms with Crippen LogP contribution in [0.25, 0.3) is 0 Å². The number of nitriles is 1. The van der Waals surface area contributed by atoms with Crippen molar-refractivity contribution in [1.82, 2.24) is 5.32 Å². The molecule has 0 saturated heterocycles. The third-order valence-corrected chi connectivity index (χ3v) is 3.41. The molecule has 0 aliphatic heterocycles. The molecule has 1 N–H and O–H groups in total. The maximum atomic E-state index is 14.9.